The second-order valence-electron chi connectivity index (χ2n) is 5.11. The Bertz CT molecular complexity index is 956. The molecule has 2 aromatic carbocycles. The molecule has 0 aliphatic heterocycles. The van der Waals surface area contributed by atoms with Crippen LogP contribution in [0.4, 0.5) is 0 Å². The van der Waals surface area contributed by atoms with Crippen molar-refractivity contribution in [2.24, 2.45) is 0 Å². The molecule has 3 aromatic rings. The molecule has 3 rings (SSSR count). The lowest BCUT2D eigenvalue weighted by Gasteiger charge is -2.08. The Balaban J connectivity index is 2.14. The first kappa shape index (κ1) is 16.1. The molecule has 0 spiro atoms. The van der Waals surface area contributed by atoms with Crippen molar-refractivity contribution >= 4 is 34.7 Å². The molecule has 0 saturated heterocycles. The molecular formula is C20H15ClO3. The summed E-state index contributed by atoms with van der Waals surface area (Å²) in [6.07, 6.45) is 5.16. The van der Waals surface area contributed by atoms with Gasteiger partial charge >= 0.3 is 0 Å². The van der Waals surface area contributed by atoms with Crippen molar-refractivity contribution in [1.29, 1.82) is 0 Å². The second kappa shape index (κ2) is 7.20. The van der Waals surface area contributed by atoms with E-state index in [4.69, 9.17) is 20.8 Å². The minimum absolute atomic E-state index is 0.150. The van der Waals surface area contributed by atoms with Crippen molar-refractivity contribution in [2.45, 2.75) is 0 Å². The molecule has 0 radical (unpaired) electrons. The summed E-state index contributed by atoms with van der Waals surface area (Å²) < 4.78 is 11.4. The summed E-state index contributed by atoms with van der Waals surface area (Å²) in [6, 6.07) is 14.7. The summed E-state index contributed by atoms with van der Waals surface area (Å²) in [5.74, 6) is 0.511. The molecule has 3 nitrogen and oxygen atoms in total. The third-order valence-electron chi connectivity index (χ3n) is 3.41. The van der Waals surface area contributed by atoms with Gasteiger partial charge in [-0.1, -0.05) is 60.7 Å². The van der Waals surface area contributed by atoms with Gasteiger partial charge in [-0.05, 0) is 29.8 Å². The topological polar surface area (TPSA) is 39.4 Å². The molecule has 0 atom stereocenters. The van der Waals surface area contributed by atoms with Crippen LogP contribution in [0, 0.1) is 0 Å². The van der Waals surface area contributed by atoms with Crippen LogP contribution in [-0.2, 0) is 0 Å². The molecule has 0 saturated carbocycles. The molecule has 0 amide bonds. The van der Waals surface area contributed by atoms with Gasteiger partial charge < -0.3 is 9.15 Å². The van der Waals surface area contributed by atoms with Gasteiger partial charge in [0.15, 0.2) is 5.76 Å². The lowest BCUT2D eigenvalue weighted by atomic mass is 10.1. The Hall–Kier alpha value is -2.78. The van der Waals surface area contributed by atoms with Crippen LogP contribution in [0.15, 0.2) is 70.4 Å². The normalized spacial score (nSPS) is 11.0. The highest BCUT2D eigenvalue weighted by Crippen LogP contribution is 2.25. The molecule has 4 heteroatoms. The van der Waals surface area contributed by atoms with E-state index in [9.17, 15) is 4.79 Å². The molecular weight excluding hydrogens is 324 g/mol. The third kappa shape index (κ3) is 3.42. The Kier molecular flexibility index (Phi) is 4.82. The molecule has 0 unspecified atom stereocenters. The van der Waals surface area contributed by atoms with E-state index in [1.807, 2.05) is 36.4 Å². The van der Waals surface area contributed by atoms with Crippen LogP contribution in [0.2, 0.25) is 5.02 Å². The van der Waals surface area contributed by atoms with Gasteiger partial charge in [0.2, 0.25) is 11.2 Å². The molecule has 24 heavy (non-hydrogen) atoms. The molecule has 0 aliphatic rings. The fraction of sp³-hybridized carbons (Fsp3) is 0.0500. The zero-order valence-corrected chi connectivity index (χ0v) is 13.6. The summed E-state index contributed by atoms with van der Waals surface area (Å²) in [5, 5.41) is 0.857. The average Bonchev–Trinajstić information content (AvgIpc) is 2.61. The van der Waals surface area contributed by atoms with E-state index in [2.05, 4.69) is 6.58 Å². The lowest BCUT2D eigenvalue weighted by molar-refractivity contribution is 0.346. The maximum Gasteiger partial charge on any atom is 0.235 e. The molecule has 0 bridgehead atoms. The summed E-state index contributed by atoms with van der Waals surface area (Å²) in [6.45, 7) is 3.82. The van der Waals surface area contributed by atoms with Crippen LogP contribution in [0.3, 0.4) is 0 Å². The zero-order chi connectivity index (χ0) is 16.9. The van der Waals surface area contributed by atoms with Crippen molar-refractivity contribution in [3.63, 3.8) is 0 Å². The SMILES string of the molecule is C=CCOc1c(/C=C/c2ccccc2)oc2ccc(Cl)cc2c1=O. The maximum absolute atomic E-state index is 12.7. The standard InChI is InChI=1S/C20H15ClO3/c1-2-12-23-20-18(10-8-14-6-4-3-5-7-14)24-17-11-9-15(21)13-16(17)19(20)22/h2-11,13H,1,12H2/b10-8+. The number of ether oxygens (including phenoxy) is 1. The molecule has 1 aromatic heterocycles. The first-order chi connectivity index (χ1) is 11.7. The molecule has 1 heterocycles. The minimum atomic E-state index is -0.256. The molecule has 120 valence electrons. The van der Waals surface area contributed by atoms with Crippen molar-refractivity contribution in [2.75, 3.05) is 6.61 Å². The fourth-order valence-electron chi connectivity index (χ4n) is 2.29. The first-order valence-corrected chi connectivity index (χ1v) is 7.80. The van der Waals surface area contributed by atoms with Crippen LogP contribution in [-0.4, -0.2) is 6.61 Å². The Labute approximate surface area is 144 Å². The smallest absolute Gasteiger partial charge is 0.235 e. The van der Waals surface area contributed by atoms with Gasteiger partial charge in [0, 0.05) is 5.02 Å². The van der Waals surface area contributed by atoms with Gasteiger partial charge in [-0.15, -0.1) is 0 Å². The third-order valence-corrected chi connectivity index (χ3v) is 3.64. The number of hydrogen-bond donors (Lipinski definition) is 0. The maximum atomic E-state index is 12.7. The Morgan fingerprint density at radius 3 is 2.67 bits per heavy atom. The average molecular weight is 339 g/mol. The van der Waals surface area contributed by atoms with Crippen molar-refractivity contribution < 1.29 is 9.15 Å². The van der Waals surface area contributed by atoms with Gasteiger partial charge in [0.1, 0.15) is 12.2 Å². The predicted molar refractivity (Wildman–Crippen MR) is 98.6 cm³/mol. The summed E-state index contributed by atoms with van der Waals surface area (Å²) in [7, 11) is 0. The van der Waals surface area contributed by atoms with Crippen molar-refractivity contribution in [1.82, 2.24) is 0 Å². The number of fused-ring (bicyclic) bond motifs is 1. The minimum Gasteiger partial charge on any atom is -0.482 e. The Morgan fingerprint density at radius 1 is 1.12 bits per heavy atom. The van der Waals surface area contributed by atoms with Gasteiger partial charge in [0.05, 0.1) is 5.39 Å². The molecule has 0 fully saturated rings. The van der Waals surface area contributed by atoms with Crippen LogP contribution in [0.1, 0.15) is 11.3 Å². The van der Waals surface area contributed by atoms with E-state index in [1.165, 1.54) is 0 Å². The van der Waals surface area contributed by atoms with E-state index in [0.717, 1.165) is 5.56 Å². The largest absolute Gasteiger partial charge is 0.482 e. The van der Waals surface area contributed by atoms with E-state index < -0.39 is 0 Å². The van der Waals surface area contributed by atoms with E-state index in [-0.39, 0.29) is 17.8 Å². The number of halogens is 1. The van der Waals surface area contributed by atoms with Crippen LogP contribution in [0.25, 0.3) is 23.1 Å². The summed E-state index contributed by atoms with van der Waals surface area (Å²) in [5.41, 5.74) is 1.20. The van der Waals surface area contributed by atoms with Crippen LogP contribution >= 0.6 is 11.6 Å². The molecule has 0 aliphatic carbocycles. The molecule has 0 N–H and O–H groups in total. The van der Waals surface area contributed by atoms with Gasteiger partial charge in [0.25, 0.3) is 0 Å². The van der Waals surface area contributed by atoms with Gasteiger partial charge in [-0.25, -0.2) is 0 Å². The fourth-order valence-corrected chi connectivity index (χ4v) is 2.46. The van der Waals surface area contributed by atoms with Gasteiger partial charge in [-0.2, -0.15) is 0 Å². The van der Waals surface area contributed by atoms with E-state index in [0.29, 0.717) is 21.8 Å². The number of hydrogen-bond acceptors (Lipinski definition) is 3. The highest BCUT2D eigenvalue weighted by Gasteiger charge is 2.14. The van der Waals surface area contributed by atoms with Gasteiger partial charge in [-0.3, -0.25) is 4.79 Å². The number of rotatable bonds is 5. The highest BCUT2D eigenvalue weighted by molar-refractivity contribution is 6.31. The predicted octanol–water partition coefficient (Wildman–Crippen LogP) is 5.18. The Morgan fingerprint density at radius 2 is 1.92 bits per heavy atom. The van der Waals surface area contributed by atoms with Crippen molar-refractivity contribution in [3.8, 4) is 5.75 Å². The van der Waals surface area contributed by atoms with E-state index in [1.54, 1.807) is 30.4 Å². The summed E-state index contributed by atoms with van der Waals surface area (Å²) in [4.78, 5) is 12.7. The number of benzene rings is 2. The van der Waals surface area contributed by atoms with Crippen LogP contribution in [0.5, 0.6) is 5.75 Å². The first-order valence-electron chi connectivity index (χ1n) is 7.42. The quantitative estimate of drug-likeness (QED) is 0.601. The van der Waals surface area contributed by atoms with E-state index >= 15 is 0 Å². The van der Waals surface area contributed by atoms with Crippen LogP contribution < -0.4 is 10.2 Å². The highest BCUT2D eigenvalue weighted by atomic mass is 35.5. The lowest BCUT2D eigenvalue weighted by Crippen LogP contribution is -2.10. The van der Waals surface area contributed by atoms with Crippen molar-refractivity contribution in [3.05, 3.63) is 87.8 Å². The monoisotopic (exact) mass is 338 g/mol. The second-order valence-corrected chi connectivity index (χ2v) is 5.55. The summed E-state index contributed by atoms with van der Waals surface area (Å²) >= 11 is 5.98. The zero-order valence-electron chi connectivity index (χ0n) is 12.9.